The summed E-state index contributed by atoms with van der Waals surface area (Å²) in [4.78, 5) is 17.6. The Balaban J connectivity index is 0.00000128. The second-order valence-electron chi connectivity index (χ2n) is 2.95. The number of hydrogen-bond donors (Lipinski definition) is 1. The van der Waals surface area contributed by atoms with Crippen molar-refractivity contribution in [1.82, 2.24) is 9.97 Å². The molecule has 0 aromatic carbocycles. The van der Waals surface area contributed by atoms with E-state index in [-0.39, 0.29) is 41.9 Å². The summed E-state index contributed by atoms with van der Waals surface area (Å²) in [6.07, 6.45) is 2.97. The van der Waals surface area contributed by atoms with Gasteiger partial charge in [0.15, 0.2) is 0 Å². The van der Waals surface area contributed by atoms with E-state index in [4.69, 9.17) is 0 Å². The molecule has 2 aromatic heterocycles. The van der Waals surface area contributed by atoms with Crippen LogP contribution in [0.1, 0.15) is 1.43 Å². The molecule has 1 N–H and O–H groups in total. The van der Waals surface area contributed by atoms with Gasteiger partial charge in [-0.05, 0) is 24.3 Å². The maximum absolute atomic E-state index is 12.0. The Morgan fingerprint density at radius 2 is 1.44 bits per heavy atom. The minimum atomic E-state index is -3.62. The summed E-state index contributed by atoms with van der Waals surface area (Å²) in [7, 11) is -3.62. The SMILES string of the molecule is O=P(O)(c1ccccn1)c1ccccn1.[H-].[Na+]. The Bertz CT molecular complexity index is 455. The van der Waals surface area contributed by atoms with E-state index in [0.717, 1.165) is 0 Å². The van der Waals surface area contributed by atoms with Crippen molar-refractivity contribution in [1.29, 1.82) is 0 Å². The molecule has 0 amide bonds. The summed E-state index contributed by atoms with van der Waals surface area (Å²) in [6, 6.07) is 9.79. The summed E-state index contributed by atoms with van der Waals surface area (Å²) >= 11 is 0. The standard InChI is InChI=1S/C10H9N2O2P.Na.H/c13-15(14,9-5-1-3-7-11-9)10-6-2-4-8-12-10;;/h1-8H,(H,13,14);;/q;+1;-1. The predicted octanol–water partition coefficient (Wildman–Crippen LogP) is -2.19. The molecule has 0 saturated carbocycles. The third kappa shape index (κ3) is 2.78. The number of pyridine rings is 2. The number of rotatable bonds is 2. The van der Waals surface area contributed by atoms with Gasteiger partial charge >= 0.3 is 29.6 Å². The van der Waals surface area contributed by atoms with Gasteiger partial charge in [-0.15, -0.1) is 0 Å². The van der Waals surface area contributed by atoms with E-state index in [0.29, 0.717) is 0 Å². The zero-order chi connectivity index (χ0) is 10.7. The Hall–Kier alpha value is -0.510. The second kappa shape index (κ2) is 5.71. The average molecular weight is 244 g/mol. The first-order chi connectivity index (χ1) is 7.21. The monoisotopic (exact) mass is 244 g/mol. The topological polar surface area (TPSA) is 63.1 Å². The van der Waals surface area contributed by atoms with Gasteiger partial charge in [-0.2, -0.15) is 0 Å². The van der Waals surface area contributed by atoms with E-state index in [2.05, 4.69) is 9.97 Å². The van der Waals surface area contributed by atoms with Crippen LogP contribution in [-0.4, -0.2) is 14.9 Å². The molecule has 16 heavy (non-hydrogen) atoms. The van der Waals surface area contributed by atoms with Crippen molar-refractivity contribution in [2.45, 2.75) is 0 Å². The van der Waals surface area contributed by atoms with E-state index in [9.17, 15) is 9.46 Å². The summed E-state index contributed by atoms with van der Waals surface area (Å²) in [5, 5.41) is 0. The average Bonchev–Trinajstić information content (AvgIpc) is 2.31. The van der Waals surface area contributed by atoms with Gasteiger partial charge in [0.25, 0.3) is 7.37 Å². The first-order valence-electron chi connectivity index (χ1n) is 4.37. The van der Waals surface area contributed by atoms with Gasteiger partial charge in [-0.25, -0.2) is 0 Å². The van der Waals surface area contributed by atoms with Crippen molar-refractivity contribution in [2.75, 3.05) is 0 Å². The molecule has 0 aliphatic carbocycles. The molecule has 0 fully saturated rings. The third-order valence-electron chi connectivity index (χ3n) is 1.92. The second-order valence-corrected chi connectivity index (χ2v) is 5.02. The van der Waals surface area contributed by atoms with Crippen LogP contribution in [0.15, 0.2) is 48.8 Å². The summed E-state index contributed by atoms with van der Waals surface area (Å²) in [5.41, 5.74) is 0.312. The zero-order valence-electron chi connectivity index (χ0n) is 9.82. The molecule has 0 saturated heterocycles. The molecular formula is C10H10N2NaO2P. The minimum Gasteiger partial charge on any atom is -1.00 e. The first kappa shape index (κ1) is 13.6. The molecule has 2 aromatic rings. The normalized spacial score (nSPS) is 10.6. The Morgan fingerprint density at radius 3 is 1.75 bits per heavy atom. The number of aromatic nitrogens is 2. The summed E-state index contributed by atoms with van der Waals surface area (Å²) in [6.45, 7) is 0. The van der Waals surface area contributed by atoms with Crippen LogP contribution < -0.4 is 40.4 Å². The molecule has 6 heteroatoms. The van der Waals surface area contributed by atoms with Crippen molar-refractivity contribution in [3.05, 3.63) is 48.8 Å². The molecule has 78 valence electrons. The van der Waals surface area contributed by atoms with Crippen molar-refractivity contribution < 1.29 is 40.4 Å². The fourth-order valence-electron chi connectivity index (χ4n) is 1.18. The molecule has 0 spiro atoms. The largest absolute Gasteiger partial charge is 1.00 e. The first-order valence-corrected chi connectivity index (χ1v) is 6.03. The molecule has 2 heterocycles. The van der Waals surface area contributed by atoms with Crippen LogP contribution in [-0.2, 0) is 4.57 Å². The maximum Gasteiger partial charge on any atom is 1.00 e. The molecule has 0 unspecified atom stereocenters. The fraction of sp³-hybridized carbons (Fsp3) is 0. The molecule has 2 rings (SSSR count). The molecular weight excluding hydrogens is 234 g/mol. The van der Waals surface area contributed by atoms with Gasteiger partial charge in [-0.3, -0.25) is 14.5 Å². The van der Waals surface area contributed by atoms with Crippen molar-refractivity contribution >= 4 is 18.2 Å². The van der Waals surface area contributed by atoms with Gasteiger partial charge < -0.3 is 6.32 Å². The smallest absolute Gasteiger partial charge is 1.00 e. The number of nitrogens with zero attached hydrogens (tertiary/aromatic N) is 2. The zero-order valence-corrected chi connectivity index (χ0v) is 11.7. The van der Waals surface area contributed by atoms with Crippen LogP contribution in [0.25, 0.3) is 0 Å². The molecule has 0 bridgehead atoms. The van der Waals surface area contributed by atoms with Crippen LogP contribution in [0.4, 0.5) is 0 Å². The molecule has 0 aliphatic rings. The quantitative estimate of drug-likeness (QED) is 0.481. The summed E-state index contributed by atoms with van der Waals surface area (Å²) < 4.78 is 12.0. The molecule has 0 atom stereocenters. The van der Waals surface area contributed by atoms with Crippen molar-refractivity contribution in [2.24, 2.45) is 0 Å². The van der Waals surface area contributed by atoms with Crippen molar-refractivity contribution in [3.63, 3.8) is 0 Å². The van der Waals surface area contributed by atoms with Gasteiger partial charge in [-0.1, -0.05) is 12.1 Å². The van der Waals surface area contributed by atoms with Crippen LogP contribution in [0, 0.1) is 0 Å². The fourth-order valence-corrected chi connectivity index (χ4v) is 2.44. The number of hydrogen-bond acceptors (Lipinski definition) is 3. The Morgan fingerprint density at radius 1 is 1.00 bits per heavy atom. The van der Waals surface area contributed by atoms with E-state index < -0.39 is 7.37 Å². The van der Waals surface area contributed by atoms with Crippen LogP contribution in [0.3, 0.4) is 0 Å². The van der Waals surface area contributed by atoms with Crippen LogP contribution in [0.5, 0.6) is 0 Å². The van der Waals surface area contributed by atoms with Crippen LogP contribution in [0.2, 0.25) is 0 Å². The molecule has 4 nitrogen and oxygen atoms in total. The summed E-state index contributed by atoms with van der Waals surface area (Å²) in [5.74, 6) is 0. The van der Waals surface area contributed by atoms with E-state index in [1.54, 1.807) is 24.3 Å². The van der Waals surface area contributed by atoms with Crippen molar-refractivity contribution in [3.8, 4) is 0 Å². The Kier molecular flexibility index (Phi) is 4.84. The molecule has 0 radical (unpaired) electrons. The molecule has 0 aliphatic heterocycles. The van der Waals surface area contributed by atoms with Gasteiger partial charge in [0.2, 0.25) is 0 Å². The van der Waals surface area contributed by atoms with E-state index in [1.807, 2.05) is 0 Å². The van der Waals surface area contributed by atoms with Gasteiger partial charge in [0.1, 0.15) is 10.9 Å². The van der Waals surface area contributed by atoms with E-state index in [1.165, 1.54) is 24.5 Å². The minimum absolute atomic E-state index is 0. The van der Waals surface area contributed by atoms with Gasteiger partial charge in [0.05, 0.1) is 0 Å². The predicted molar refractivity (Wildman–Crippen MR) is 58.7 cm³/mol. The van der Waals surface area contributed by atoms with Gasteiger partial charge in [0, 0.05) is 12.4 Å². The van der Waals surface area contributed by atoms with Crippen LogP contribution >= 0.6 is 7.37 Å². The third-order valence-corrected chi connectivity index (χ3v) is 3.69. The Labute approximate surface area is 117 Å². The maximum atomic E-state index is 12.0. The van der Waals surface area contributed by atoms with E-state index >= 15 is 0 Å².